The van der Waals surface area contributed by atoms with Gasteiger partial charge < -0.3 is 18.9 Å². The second-order valence-electron chi connectivity index (χ2n) is 8.10. The Balaban J connectivity index is 1.69. The molecule has 5 rings (SSSR count). The smallest absolute Gasteiger partial charge is 0.231 e. The maximum Gasteiger partial charge on any atom is 0.231 e. The number of likely N-dealkylation sites (tertiary alicyclic amines) is 1. The fraction of sp³-hybridized carbons (Fsp3) is 0.478. The predicted molar refractivity (Wildman–Crippen MR) is 106 cm³/mol. The Morgan fingerprint density at radius 2 is 1.71 bits per heavy atom. The molecule has 0 aliphatic carbocycles. The quantitative estimate of drug-likeness (QED) is 0.788. The molecule has 0 spiro atoms. The molecule has 3 heterocycles. The highest BCUT2D eigenvalue weighted by Gasteiger charge is 2.50. The van der Waals surface area contributed by atoms with Crippen LogP contribution in [0.2, 0.25) is 0 Å². The van der Waals surface area contributed by atoms with Crippen LogP contribution in [0.1, 0.15) is 43.7 Å². The number of nitrogens with zero attached hydrogens (tertiary/aromatic N) is 1. The van der Waals surface area contributed by atoms with Gasteiger partial charge in [0.25, 0.3) is 0 Å². The van der Waals surface area contributed by atoms with Gasteiger partial charge in [-0.3, -0.25) is 4.90 Å². The van der Waals surface area contributed by atoms with Crippen molar-refractivity contribution >= 4 is 0 Å². The molecule has 0 aromatic heterocycles. The Bertz CT molecular complexity index is 892. The Kier molecular flexibility index (Phi) is 4.16. The molecule has 0 radical (unpaired) electrons. The van der Waals surface area contributed by atoms with Crippen molar-refractivity contribution in [2.24, 2.45) is 5.92 Å². The summed E-state index contributed by atoms with van der Waals surface area (Å²) in [5.74, 6) is 3.71. The van der Waals surface area contributed by atoms with Crippen LogP contribution >= 0.6 is 0 Å². The van der Waals surface area contributed by atoms with Crippen molar-refractivity contribution in [2.75, 3.05) is 27.0 Å². The van der Waals surface area contributed by atoms with Gasteiger partial charge in [0.05, 0.1) is 7.11 Å². The maximum absolute atomic E-state index is 6.72. The average Bonchev–Trinajstić information content (AvgIpc) is 3.39. The van der Waals surface area contributed by atoms with Gasteiger partial charge in [0.2, 0.25) is 6.79 Å². The van der Waals surface area contributed by atoms with Crippen molar-refractivity contribution in [2.45, 2.75) is 38.3 Å². The van der Waals surface area contributed by atoms with Gasteiger partial charge in [-0.25, -0.2) is 0 Å². The van der Waals surface area contributed by atoms with Crippen molar-refractivity contribution < 1.29 is 18.9 Å². The second-order valence-corrected chi connectivity index (χ2v) is 8.10. The molecule has 148 valence electrons. The zero-order chi connectivity index (χ0) is 19.3. The third-order valence-electron chi connectivity index (χ3n) is 6.71. The molecule has 2 aromatic carbocycles. The summed E-state index contributed by atoms with van der Waals surface area (Å²) in [7, 11) is 1.74. The van der Waals surface area contributed by atoms with Gasteiger partial charge >= 0.3 is 0 Å². The summed E-state index contributed by atoms with van der Waals surface area (Å²) in [5, 5.41) is 0. The summed E-state index contributed by atoms with van der Waals surface area (Å²) >= 11 is 0. The van der Waals surface area contributed by atoms with Gasteiger partial charge in [-0.1, -0.05) is 25.1 Å². The average molecular weight is 381 g/mol. The van der Waals surface area contributed by atoms with Crippen LogP contribution in [0.25, 0.3) is 0 Å². The largest absolute Gasteiger partial charge is 0.496 e. The van der Waals surface area contributed by atoms with Crippen molar-refractivity contribution in [1.82, 2.24) is 4.90 Å². The minimum absolute atomic E-state index is 0.139. The summed E-state index contributed by atoms with van der Waals surface area (Å²) in [4.78, 5) is 2.49. The van der Waals surface area contributed by atoms with Crippen LogP contribution in [0.3, 0.4) is 0 Å². The van der Waals surface area contributed by atoms with E-state index in [1.807, 2.05) is 18.2 Å². The van der Waals surface area contributed by atoms with Crippen LogP contribution in [0.15, 0.2) is 36.4 Å². The zero-order valence-corrected chi connectivity index (χ0v) is 16.7. The number of rotatable bonds is 3. The molecule has 3 aliphatic rings. The SMILES string of the molecule is COc1ccccc1[C@@H]1c2cc3c(cc2O[C@@](C)(N2CCCC2)[C@@H]1C)OCO3. The van der Waals surface area contributed by atoms with E-state index >= 15 is 0 Å². The van der Waals surface area contributed by atoms with Crippen LogP contribution in [0.5, 0.6) is 23.0 Å². The Labute approximate surface area is 166 Å². The lowest BCUT2D eigenvalue weighted by molar-refractivity contribution is -0.114. The first-order valence-electron chi connectivity index (χ1n) is 10.1. The molecule has 5 heteroatoms. The van der Waals surface area contributed by atoms with E-state index in [0.717, 1.165) is 41.7 Å². The first-order chi connectivity index (χ1) is 13.6. The van der Waals surface area contributed by atoms with Crippen LogP contribution in [0.4, 0.5) is 0 Å². The zero-order valence-electron chi connectivity index (χ0n) is 16.7. The van der Waals surface area contributed by atoms with Crippen molar-refractivity contribution in [3.05, 3.63) is 47.5 Å². The number of methoxy groups -OCH3 is 1. The van der Waals surface area contributed by atoms with E-state index in [1.165, 1.54) is 18.4 Å². The number of hydrogen-bond acceptors (Lipinski definition) is 5. The molecular weight excluding hydrogens is 354 g/mol. The van der Waals surface area contributed by atoms with Crippen LogP contribution in [-0.4, -0.2) is 37.6 Å². The molecule has 1 saturated heterocycles. The van der Waals surface area contributed by atoms with Crippen LogP contribution < -0.4 is 18.9 Å². The molecule has 0 amide bonds. The molecule has 0 N–H and O–H groups in total. The maximum atomic E-state index is 6.72. The minimum atomic E-state index is -0.386. The molecule has 2 aromatic rings. The Hall–Kier alpha value is -2.40. The van der Waals surface area contributed by atoms with E-state index in [-0.39, 0.29) is 24.4 Å². The molecule has 28 heavy (non-hydrogen) atoms. The normalized spacial score (nSPS) is 28.7. The first-order valence-corrected chi connectivity index (χ1v) is 10.1. The third kappa shape index (κ3) is 2.56. The van der Waals surface area contributed by atoms with E-state index in [1.54, 1.807) is 7.11 Å². The lowest BCUT2D eigenvalue weighted by Gasteiger charge is -2.50. The predicted octanol–water partition coefficient (Wildman–Crippen LogP) is 4.40. The lowest BCUT2D eigenvalue weighted by Crippen LogP contribution is -2.57. The number of ether oxygens (including phenoxy) is 4. The summed E-state index contributed by atoms with van der Waals surface area (Å²) in [6.45, 7) is 6.93. The first kappa shape index (κ1) is 17.7. The second kappa shape index (κ2) is 6.59. The minimum Gasteiger partial charge on any atom is -0.496 e. The van der Waals surface area contributed by atoms with Gasteiger partial charge in [-0.2, -0.15) is 0 Å². The summed E-state index contributed by atoms with van der Waals surface area (Å²) in [5.41, 5.74) is 1.94. The number of hydrogen-bond donors (Lipinski definition) is 0. The molecule has 3 aliphatic heterocycles. The molecule has 3 atom stereocenters. The lowest BCUT2D eigenvalue weighted by atomic mass is 9.73. The fourth-order valence-electron chi connectivity index (χ4n) is 5.04. The fourth-order valence-corrected chi connectivity index (χ4v) is 5.04. The topological polar surface area (TPSA) is 40.2 Å². The van der Waals surface area contributed by atoms with E-state index < -0.39 is 0 Å². The van der Waals surface area contributed by atoms with Crippen molar-refractivity contribution in [1.29, 1.82) is 0 Å². The molecule has 1 fully saturated rings. The summed E-state index contributed by atoms with van der Waals surface area (Å²) in [6, 6.07) is 12.4. The van der Waals surface area contributed by atoms with Gasteiger partial charge in [0.15, 0.2) is 17.2 Å². The molecule has 0 saturated carbocycles. The van der Waals surface area contributed by atoms with Gasteiger partial charge in [0, 0.05) is 42.1 Å². The Morgan fingerprint density at radius 1 is 1.00 bits per heavy atom. The molecule has 5 nitrogen and oxygen atoms in total. The van der Waals surface area contributed by atoms with Crippen LogP contribution in [0, 0.1) is 5.92 Å². The van der Waals surface area contributed by atoms with Gasteiger partial charge in [-0.05, 0) is 31.9 Å². The summed E-state index contributed by atoms with van der Waals surface area (Å²) in [6.07, 6.45) is 2.44. The number of para-hydroxylation sites is 1. The molecule has 0 unspecified atom stereocenters. The van der Waals surface area contributed by atoms with Gasteiger partial charge in [0.1, 0.15) is 11.5 Å². The van der Waals surface area contributed by atoms with Gasteiger partial charge in [-0.15, -0.1) is 0 Å². The molecule has 0 bridgehead atoms. The highest BCUT2D eigenvalue weighted by atomic mass is 16.7. The monoisotopic (exact) mass is 381 g/mol. The molecular formula is C23H27NO4. The standard InChI is InChI=1S/C23H27NO4/c1-15-22(16-8-4-5-9-18(16)25-3)17-12-20-21(27-14-26-20)13-19(17)28-23(15,2)24-10-6-7-11-24/h4-5,8-9,12-13,15,22H,6-7,10-11,14H2,1-3H3/t15-,22-,23-/m1/s1. The van der Waals surface area contributed by atoms with E-state index in [2.05, 4.69) is 36.9 Å². The Morgan fingerprint density at radius 3 is 2.46 bits per heavy atom. The summed E-state index contributed by atoms with van der Waals surface area (Å²) < 4.78 is 23.8. The third-order valence-corrected chi connectivity index (χ3v) is 6.71. The van der Waals surface area contributed by atoms with Crippen molar-refractivity contribution in [3.8, 4) is 23.0 Å². The van der Waals surface area contributed by atoms with Crippen LogP contribution in [-0.2, 0) is 0 Å². The highest BCUT2D eigenvalue weighted by Crippen LogP contribution is 2.54. The van der Waals surface area contributed by atoms with E-state index in [0.29, 0.717) is 0 Å². The van der Waals surface area contributed by atoms with E-state index in [4.69, 9.17) is 18.9 Å². The highest BCUT2D eigenvalue weighted by molar-refractivity contribution is 5.57. The number of fused-ring (bicyclic) bond motifs is 2. The van der Waals surface area contributed by atoms with Crippen molar-refractivity contribution in [3.63, 3.8) is 0 Å². The van der Waals surface area contributed by atoms with E-state index in [9.17, 15) is 0 Å². The number of benzene rings is 2.